The first-order valence-electron chi connectivity index (χ1n) is 8.80. The summed E-state index contributed by atoms with van der Waals surface area (Å²) in [6, 6.07) is 10.5. The fraction of sp³-hybridized carbons (Fsp3) is 0.579. The van der Waals surface area contributed by atoms with E-state index in [1.54, 1.807) is 4.90 Å². The third kappa shape index (κ3) is 3.74. The zero-order valence-electron chi connectivity index (χ0n) is 13.7. The Kier molecular flexibility index (Phi) is 4.99. The number of benzene rings is 1. The fourth-order valence-corrected chi connectivity index (χ4v) is 3.94. The van der Waals surface area contributed by atoms with Crippen molar-refractivity contribution >= 4 is 11.8 Å². The first-order chi connectivity index (χ1) is 11.2. The average molecular weight is 314 g/mol. The van der Waals surface area contributed by atoms with Crippen LogP contribution in [0.2, 0.25) is 0 Å². The van der Waals surface area contributed by atoms with Crippen LogP contribution in [0.1, 0.15) is 50.5 Å². The second-order valence-electron chi connectivity index (χ2n) is 6.90. The molecule has 1 aromatic carbocycles. The summed E-state index contributed by atoms with van der Waals surface area (Å²) < 4.78 is 0. The molecule has 4 heteroatoms. The lowest BCUT2D eigenvalue weighted by molar-refractivity contribution is -0.137. The van der Waals surface area contributed by atoms with Crippen LogP contribution in [0.4, 0.5) is 0 Å². The average Bonchev–Trinajstić information content (AvgIpc) is 3.06. The zero-order valence-corrected chi connectivity index (χ0v) is 13.7. The first kappa shape index (κ1) is 16.0. The van der Waals surface area contributed by atoms with Gasteiger partial charge in [-0.15, -0.1) is 0 Å². The van der Waals surface area contributed by atoms with Crippen LogP contribution in [0.5, 0.6) is 0 Å². The number of likely N-dealkylation sites (tertiary alicyclic amines) is 1. The molecule has 1 saturated carbocycles. The normalized spacial score (nSPS) is 20.5. The van der Waals surface area contributed by atoms with E-state index in [1.807, 2.05) is 6.07 Å². The lowest BCUT2D eigenvalue weighted by Crippen LogP contribution is -2.46. The summed E-state index contributed by atoms with van der Waals surface area (Å²) in [4.78, 5) is 25.8. The SMILES string of the molecule is O=C(CN1CCCCC1=O)NCC1(c2ccccc2)CCCC1. The minimum atomic E-state index is -0.0255. The van der Waals surface area contributed by atoms with E-state index in [0.717, 1.165) is 32.2 Å². The Morgan fingerprint density at radius 1 is 1.09 bits per heavy atom. The Balaban J connectivity index is 1.59. The summed E-state index contributed by atoms with van der Waals surface area (Å²) in [7, 11) is 0. The van der Waals surface area contributed by atoms with E-state index >= 15 is 0 Å². The molecule has 2 aliphatic rings. The van der Waals surface area contributed by atoms with Crippen LogP contribution in [0.15, 0.2) is 30.3 Å². The van der Waals surface area contributed by atoms with Gasteiger partial charge in [0.05, 0.1) is 6.54 Å². The molecule has 1 saturated heterocycles. The van der Waals surface area contributed by atoms with Crippen molar-refractivity contribution in [2.24, 2.45) is 0 Å². The van der Waals surface area contributed by atoms with Crippen molar-refractivity contribution in [3.05, 3.63) is 35.9 Å². The van der Waals surface area contributed by atoms with Gasteiger partial charge >= 0.3 is 0 Å². The van der Waals surface area contributed by atoms with Crippen LogP contribution in [-0.4, -0.2) is 36.3 Å². The molecule has 2 amide bonds. The molecule has 1 aromatic rings. The molecule has 0 atom stereocenters. The van der Waals surface area contributed by atoms with Crippen LogP contribution in [-0.2, 0) is 15.0 Å². The maximum Gasteiger partial charge on any atom is 0.239 e. The summed E-state index contributed by atoms with van der Waals surface area (Å²) >= 11 is 0. The number of nitrogens with one attached hydrogen (secondary N) is 1. The molecular formula is C19H26N2O2. The molecule has 23 heavy (non-hydrogen) atoms. The molecule has 0 spiro atoms. The summed E-state index contributed by atoms with van der Waals surface area (Å²) in [5.74, 6) is 0.0903. The van der Waals surface area contributed by atoms with Crippen molar-refractivity contribution in [2.75, 3.05) is 19.6 Å². The number of nitrogens with zero attached hydrogens (tertiary/aromatic N) is 1. The lowest BCUT2D eigenvalue weighted by atomic mass is 9.79. The molecule has 1 aliphatic heterocycles. The molecule has 0 bridgehead atoms. The van der Waals surface area contributed by atoms with Gasteiger partial charge in [0.1, 0.15) is 0 Å². The van der Waals surface area contributed by atoms with Crippen LogP contribution in [0, 0.1) is 0 Å². The quantitative estimate of drug-likeness (QED) is 0.908. The number of carbonyl (C=O) groups excluding carboxylic acids is 2. The molecule has 2 fully saturated rings. The van der Waals surface area contributed by atoms with E-state index in [9.17, 15) is 9.59 Å². The Morgan fingerprint density at radius 3 is 2.52 bits per heavy atom. The van der Waals surface area contributed by atoms with Gasteiger partial charge < -0.3 is 10.2 Å². The molecule has 1 N–H and O–H groups in total. The Labute approximate surface area is 138 Å². The van der Waals surface area contributed by atoms with Crippen molar-refractivity contribution in [1.29, 1.82) is 0 Å². The van der Waals surface area contributed by atoms with Crippen molar-refractivity contribution in [3.8, 4) is 0 Å². The van der Waals surface area contributed by atoms with E-state index < -0.39 is 0 Å². The molecule has 124 valence electrons. The molecule has 3 rings (SSSR count). The molecular weight excluding hydrogens is 288 g/mol. The fourth-order valence-electron chi connectivity index (χ4n) is 3.94. The molecule has 0 aromatic heterocycles. The minimum absolute atomic E-state index is 0.0255. The first-order valence-corrected chi connectivity index (χ1v) is 8.80. The van der Waals surface area contributed by atoms with Gasteiger partial charge in [0.15, 0.2) is 0 Å². The van der Waals surface area contributed by atoms with Crippen LogP contribution >= 0.6 is 0 Å². The van der Waals surface area contributed by atoms with Crippen LogP contribution in [0.3, 0.4) is 0 Å². The van der Waals surface area contributed by atoms with Gasteiger partial charge in [-0.1, -0.05) is 43.2 Å². The van der Waals surface area contributed by atoms with Gasteiger partial charge in [-0.3, -0.25) is 9.59 Å². The monoisotopic (exact) mass is 314 g/mol. The smallest absolute Gasteiger partial charge is 0.239 e. The number of amides is 2. The van der Waals surface area contributed by atoms with Gasteiger partial charge in [-0.2, -0.15) is 0 Å². The zero-order chi connectivity index (χ0) is 16.1. The largest absolute Gasteiger partial charge is 0.354 e. The third-order valence-electron chi connectivity index (χ3n) is 5.33. The Morgan fingerprint density at radius 2 is 1.83 bits per heavy atom. The second kappa shape index (κ2) is 7.16. The lowest BCUT2D eigenvalue weighted by Gasteiger charge is -2.31. The van der Waals surface area contributed by atoms with Gasteiger partial charge in [-0.25, -0.2) is 0 Å². The standard InChI is InChI=1S/C19H26N2O2/c22-17(14-21-13-7-4-10-18(21)23)20-15-19(11-5-6-12-19)16-8-2-1-3-9-16/h1-3,8-9H,4-7,10-15H2,(H,20,22). The van der Waals surface area contributed by atoms with Crippen molar-refractivity contribution in [3.63, 3.8) is 0 Å². The van der Waals surface area contributed by atoms with E-state index in [0.29, 0.717) is 13.0 Å². The van der Waals surface area contributed by atoms with Gasteiger partial charge in [-0.05, 0) is 31.2 Å². The third-order valence-corrected chi connectivity index (χ3v) is 5.33. The van der Waals surface area contributed by atoms with Crippen molar-refractivity contribution in [2.45, 2.75) is 50.4 Å². The molecule has 0 unspecified atom stereocenters. The predicted molar refractivity (Wildman–Crippen MR) is 90.0 cm³/mol. The molecule has 1 aliphatic carbocycles. The van der Waals surface area contributed by atoms with Crippen molar-refractivity contribution < 1.29 is 9.59 Å². The summed E-state index contributed by atoms with van der Waals surface area (Å²) in [5.41, 5.74) is 1.40. The highest BCUT2D eigenvalue weighted by Crippen LogP contribution is 2.40. The second-order valence-corrected chi connectivity index (χ2v) is 6.90. The van der Waals surface area contributed by atoms with E-state index in [2.05, 4.69) is 29.6 Å². The highest BCUT2D eigenvalue weighted by molar-refractivity contribution is 5.85. The minimum Gasteiger partial charge on any atom is -0.354 e. The molecule has 0 radical (unpaired) electrons. The predicted octanol–water partition coefficient (Wildman–Crippen LogP) is 2.63. The number of piperidine rings is 1. The van der Waals surface area contributed by atoms with E-state index in [1.165, 1.54) is 18.4 Å². The Bertz CT molecular complexity index is 550. The number of hydrogen-bond donors (Lipinski definition) is 1. The van der Waals surface area contributed by atoms with Gasteiger partial charge in [0, 0.05) is 24.9 Å². The van der Waals surface area contributed by atoms with E-state index in [4.69, 9.17) is 0 Å². The maximum absolute atomic E-state index is 12.3. The van der Waals surface area contributed by atoms with Crippen LogP contribution < -0.4 is 5.32 Å². The summed E-state index contributed by atoms with van der Waals surface area (Å²) in [5, 5.41) is 3.10. The summed E-state index contributed by atoms with van der Waals surface area (Å²) in [6.45, 7) is 1.61. The topological polar surface area (TPSA) is 49.4 Å². The molecule has 4 nitrogen and oxygen atoms in total. The highest BCUT2D eigenvalue weighted by Gasteiger charge is 2.35. The Hall–Kier alpha value is -1.84. The number of hydrogen-bond acceptors (Lipinski definition) is 2. The van der Waals surface area contributed by atoms with Gasteiger partial charge in [0.2, 0.25) is 11.8 Å². The summed E-state index contributed by atoms with van der Waals surface area (Å²) in [6.07, 6.45) is 7.23. The highest BCUT2D eigenvalue weighted by atomic mass is 16.2. The number of carbonyl (C=O) groups is 2. The van der Waals surface area contributed by atoms with E-state index in [-0.39, 0.29) is 23.8 Å². The van der Waals surface area contributed by atoms with Crippen LogP contribution in [0.25, 0.3) is 0 Å². The maximum atomic E-state index is 12.3. The van der Waals surface area contributed by atoms with Crippen molar-refractivity contribution in [1.82, 2.24) is 10.2 Å². The number of rotatable bonds is 5. The van der Waals surface area contributed by atoms with Gasteiger partial charge in [0.25, 0.3) is 0 Å². The molecule has 1 heterocycles.